The molecule has 1 fully saturated rings. The molecule has 6 heteroatoms. The molecule has 0 atom stereocenters. The van der Waals surface area contributed by atoms with E-state index in [1.165, 1.54) is 0 Å². The van der Waals surface area contributed by atoms with Gasteiger partial charge in [0.05, 0.1) is 9.92 Å². The largest absolute Gasteiger partial charge is 0.460 e. The second-order valence-corrected chi connectivity index (χ2v) is 11.4. The van der Waals surface area contributed by atoms with Gasteiger partial charge in [0.25, 0.3) is 0 Å². The first kappa shape index (κ1) is 21.5. The zero-order valence-corrected chi connectivity index (χ0v) is 19.2. The van der Waals surface area contributed by atoms with Crippen molar-refractivity contribution in [1.29, 1.82) is 0 Å². The fourth-order valence-electron chi connectivity index (χ4n) is 3.26. The molecule has 2 aromatic rings. The summed E-state index contributed by atoms with van der Waals surface area (Å²) in [5.41, 5.74) is 1.10. The van der Waals surface area contributed by atoms with Crippen molar-refractivity contribution in [3.63, 3.8) is 0 Å². The van der Waals surface area contributed by atoms with Gasteiger partial charge in [-0.2, -0.15) is 0 Å². The molecule has 1 aromatic heterocycles. The molecular formula is C22H30ClNO3S. The molecular weight excluding hydrogens is 394 g/mol. The van der Waals surface area contributed by atoms with Crippen LogP contribution in [0.2, 0.25) is 5.02 Å². The van der Waals surface area contributed by atoms with Crippen LogP contribution in [0.25, 0.3) is 11.1 Å². The Labute approximate surface area is 176 Å². The monoisotopic (exact) mass is 423 g/mol. The average molecular weight is 424 g/mol. The molecule has 0 saturated heterocycles. The minimum atomic E-state index is -0.409. The van der Waals surface area contributed by atoms with Crippen LogP contribution >= 0.6 is 23.4 Å². The lowest BCUT2D eigenvalue weighted by Crippen LogP contribution is -2.28. The summed E-state index contributed by atoms with van der Waals surface area (Å²) in [5, 5.41) is 1.21. The first-order chi connectivity index (χ1) is 12.9. The Morgan fingerprint density at radius 3 is 2.54 bits per heavy atom. The number of aromatic nitrogens is 1. The molecule has 0 radical (unpaired) electrons. The van der Waals surface area contributed by atoms with Crippen molar-refractivity contribution in [2.24, 2.45) is 5.92 Å². The van der Waals surface area contributed by atoms with E-state index in [2.05, 4.69) is 25.8 Å². The standard InChI is InChI=1S/C22H30ClNO3S/c1-21(2,3)20-24-16-9-8-15(23)19(18(16)26-20)28-14-11-13(12-14)7-10-17(25)27-22(4,5)6/h8-9,13-14H,7,10-12H2,1-6H3. The predicted octanol–water partition coefficient (Wildman–Crippen LogP) is 6.77. The van der Waals surface area contributed by atoms with E-state index >= 15 is 0 Å². The summed E-state index contributed by atoms with van der Waals surface area (Å²) in [6.45, 7) is 12.0. The fourth-order valence-corrected chi connectivity index (χ4v) is 5.05. The summed E-state index contributed by atoms with van der Waals surface area (Å²) < 4.78 is 11.5. The van der Waals surface area contributed by atoms with Gasteiger partial charge in [0.2, 0.25) is 5.89 Å². The molecule has 0 amide bonds. The summed E-state index contributed by atoms with van der Waals surface area (Å²) in [4.78, 5) is 17.5. The third-order valence-electron chi connectivity index (χ3n) is 4.76. The molecule has 1 aliphatic rings. The van der Waals surface area contributed by atoms with Crippen LogP contribution in [0.3, 0.4) is 0 Å². The molecule has 28 heavy (non-hydrogen) atoms. The number of hydrogen-bond donors (Lipinski definition) is 0. The molecule has 1 aliphatic carbocycles. The summed E-state index contributed by atoms with van der Waals surface area (Å²) in [6.07, 6.45) is 3.55. The third-order valence-corrected chi connectivity index (χ3v) is 6.55. The van der Waals surface area contributed by atoms with Gasteiger partial charge in [0, 0.05) is 17.1 Å². The van der Waals surface area contributed by atoms with Crippen molar-refractivity contribution >= 4 is 40.4 Å². The van der Waals surface area contributed by atoms with Crippen molar-refractivity contribution in [1.82, 2.24) is 4.98 Å². The van der Waals surface area contributed by atoms with Gasteiger partial charge in [-0.15, -0.1) is 11.8 Å². The molecule has 0 spiro atoms. The average Bonchev–Trinajstić information content (AvgIpc) is 2.94. The van der Waals surface area contributed by atoms with Crippen LogP contribution in [-0.2, 0) is 14.9 Å². The minimum Gasteiger partial charge on any atom is -0.460 e. The van der Waals surface area contributed by atoms with Gasteiger partial charge >= 0.3 is 5.97 Å². The van der Waals surface area contributed by atoms with Crippen LogP contribution in [0.1, 0.15) is 73.1 Å². The molecule has 0 bridgehead atoms. The number of thioether (sulfide) groups is 1. The van der Waals surface area contributed by atoms with Crippen LogP contribution in [0.15, 0.2) is 21.4 Å². The van der Waals surface area contributed by atoms with Crippen LogP contribution in [0.5, 0.6) is 0 Å². The van der Waals surface area contributed by atoms with Gasteiger partial charge in [0.15, 0.2) is 5.58 Å². The fraction of sp³-hybridized carbons (Fsp3) is 0.636. The number of esters is 1. The number of carbonyl (C=O) groups is 1. The Hall–Kier alpha value is -1.20. The highest BCUT2D eigenvalue weighted by Crippen LogP contribution is 2.47. The molecule has 1 aromatic carbocycles. The highest BCUT2D eigenvalue weighted by atomic mass is 35.5. The van der Waals surface area contributed by atoms with Crippen molar-refractivity contribution in [3.05, 3.63) is 23.0 Å². The molecule has 0 N–H and O–H groups in total. The van der Waals surface area contributed by atoms with Gasteiger partial charge in [-0.25, -0.2) is 4.98 Å². The van der Waals surface area contributed by atoms with E-state index in [-0.39, 0.29) is 11.4 Å². The van der Waals surface area contributed by atoms with Gasteiger partial charge in [-0.1, -0.05) is 32.4 Å². The van der Waals surface area contributed by atoms with Crippen LogP contribution in [-0.4, -0.2) is 21.8 Å². The Kier molecular flexibility index (Phi) is 6.07. The molecule has 154 valence electrons. The SMILES string of the molecule is CC(C)(C)OC(=O)CCC1CC(Sc2c(Cl)ccc3nc(C(C)(C)C)oc23)C1. The normalized spacial score (nSPS) is 20.2. The minimum absolute atomic E-state index is 0.104. The number of carbonyl (C=O) groups excluding carboxylic acids is 1. The first-order valence-corrected chi connectivity index (χ1v) is 11.2. The molecule has 3 rings (SSSR count). The second-order valence-electron chi connectivity index (χ2n) is 9.70. The number of rotatable bonds is 5. The van der Waals surface area contributed by atoms with E-state index in [0.29, 0.717) is 22.6 Å². The van der Waals surface area contributed by atoms with E-state index in [1.807, 2.05) is 32.9 Å². The van der Waals surface area contributed by atoms with Gasteiger partial charge in [-0.05, 0) is 58.1 Å². The van der Waals surface area contributed by atoms with E-state index < -0.39 is 5.60 Å². The maximum atomic E-state index is 11.9. The smallest absolute Gasteiger partial charge is 0.306 e. The van der Waals surface area contributed by atoms with E-state index in [0.717, 1.165) is 41.1 Å². The molecule has 0 unspecified atom stereocenters. The topological polar surface area (TPSA) is 52.3 Å². The zero-order valence-electron chi connectivity index (χ0n) is 17.6. The highest BCUT2D eigenvalue weighted by Gasteiger charge is 2.32. The first-order valence-electron chi connectivity index (χ1n) is 9.90. The quantitative estimate of drug-likeness (QED) is 0.496. The van der Waals surface area contributed by atoms with E-state index in [4.69, 9.17) is 20.8 Å². The lowest BCUT2D eigenvalue weighted by atomic mass is 9.81. The van der Waals surface area contributed by atoms with E-state index in [1.54, 1.807) is 11.8 Å². The number of halogens is 1. The lowest BCUT2D eigenvalue weighted by molar-refractivity contribution is -0.155. The molecule has 4 nitrogen and oxygen atoms in total. The summed E-state index contributed by atoms with van der Waals surface area (Å²) >= 11 is 8.26. The number of ether oxygens (including phenoxy) is 1. The van der Waals surface area contributed by atoms with Crippen molar-refractivity contribution in [2.45, 2.75) is 88.4 Å². The Morgan fingerprint density at radius 1 is 1.25 bits per heavy atom. The second kappa shape index (κ2) is 7.91. The van der Waals surface area contributed by atoms with Crippen molar-refractivity contribution in [2.75, 3.05) is 0 Å². The number of oxazole rings is 1. The number of fused-ring (bicyclic) bond motifs is 1. The Balaban J connectivity index is 1.59. The number of hydrogen-bond acceptors (Lipinski definition) is 5. The highest BCUT2D eigenvalue weighted by molar-refractivity contribution is 8.00. The molecule has 1 saturated carbocycles. The van der Waals surface area contributed by atoms with Crippen LogP contribution < -0.4 is 0 Å². The summed E-state index contributed by atoms with van der Waals surface area (Å²) in [5.74, 6) is 1.20. The Morgan fingerprint density at radius 2 is 1.93 bits per heavy atom. The zero-order chi connectivity index (χ0) is 20.7. The maximum Gasteiger partial charge on any atom is 0.306 e. The summed E-state index contributed by atoms with van der Waals surface area (Å²) in [6, 6.07) is 3.82. The van der Waals surface area contributed by atoms with Crippen LogP contribution in [0, 0.1) is 5.92 Å². The predicted molar refractivity (Wildman–Crippen MR) is 115 cm³/mol. The van der Waals surface area contributed by atoms with E-state index in [9.17, 15) is 4.79 Å². The number of benzene rings is 1. The molecule has 1 heterocycles. The van der Waals surface area contributed by atoms with Gasteiger partial charge in [0.1, 0.15) is 11.1 Å². The lowest BCUT2D eigenvalue weighted by Gasteiger charge is -2.35. The van der Waals surface area contributed by atoms with Gasteiger partial charge < -0.3 is 9.15 Å². The molecule has 0 aliphatic heterocycles. The third kappa shape index (κ3) is 5.24. The van der Waals surface area contributed by atoms with Crippen molar-refractivity contribution in [3.8, 4) is 0 Å². The van der Waals surface area contributed by atoms with Crippen molar-refractivity contribution < 1.29 is 13.9 Å². The maximum absolute atomic E-state index is 11.9. The van der Waals surface area contributed by atoms with Crippen LogP contribution in [0.4, 0.5) is 0 Å². The Bertz CT molecular complexity index is 857. The van der Waals surface area contributed by atoms with Gasteiger partial charge in [-0.3, -0.25) is 4.79 Å². The number of nitrogens with zero attached hydrogens (tertiary/aromatic N) is 1. The summed E-state index contributed by atoms with van der Waals surface area (Å²) in [7, 11) is 0.